The van der Waals surface area contributed by atoms with Crippen LogP contribution in [0.25, 0.3) is 0 Å². The van der Waals surface area contributed by atoms with Gasteiger partial charge in [0.2, 0.25) is 0 Å². The predicted octanol–water partition coefficient (Wildman–Crippen LogP) is -4.17. The molecule has 0 unspecified atom stereocenters. The Kier molecular flexibility index (Phi) is 13.7. The molecule has 0 spiro atoms. The summed E-state index contributed by atoms with van der Waals surface area (Å²) in [6.07, 6.45) is 12.2. The van der Waals surface area contributed by atoms with Gasteiger partial charge in [0.25, 0.3) is 0 Å². The zero-order valence-electron chi connectivity index (χ0n) is 13.9. The van der Waals surface area contributed by atoms with Crippen LogP contribution >= 0.6 is 0 Å². The molecule has 0 radical (unpaired) electrons. The van der Waals surface area contributed by atoms with Gasteiger partial charge < -0.3 is 44.5 Å². The van der Waals surface area contributed by atoms with Crippen LogP contribution in [0.4, 0.5) is 0 Å². The van der Waals surface area contributed by atoms with Gasteiger partial charge in [-0.05, 0) is 0 Å². The van der Waals surface area contributed by atoms with E-state index in [1.54, 1.807) is 0 Å². The first kappa shape index (κ1) is 26.4. The number of rotatable bonds is 8. The molecule has 0 fully saturated rings. The number of ether oxygens (including phenoxy) is 2. The third kappa shape index (κ3) is 6.15. The Morgan fingerprint density at radius 2 is 1.29 bits per heavy atom. The van der Waals surface area contributed by atoms with Gasteiger partial charge in [-0.25, -0.2) is 12.2 Å². The van der Waals surface area contributed by atoms with Crippen LogP contribution in [-0.4, -0.2) is 44.7 Å². The molecule has 0 saturated heterocycles. The van der Waals surface area contributed by atoms with Gasteiger partial charge in [-0.2, -0.15) is 22.5 Å². The fourth-order valence-corrected chi connectivity index (χ4v) is 5.61. The van der Waals surface area contributed by atoms with Crippen molar-refractivity contribution in [1.82, 2.24) is 0 Å². The van der Waals surface area contributed by atoms with Crippen molar-refractivity contribution in [2.45, 2.75) is 25.9 Å². The van der Waals surface area contributed by atoms with Crippen molar-refractivity contribution in [2.75, 3.05) is 26.4 Å². The summed E-state index contributed by atoms with van der Waals surface area (Å²) >= 11 is 0. The topological polar surface area (TPSA) is 58.9 Å². The summed E-state index contributed by atoms with van der Waals surface area (Å²) in [5.41, 5.74) is 0. The maximum absolute atomic E-state index is 8.92. The van der Waals surface area contributed by atoms with Crippen molar-refractivity contribution in [3.8, 4) is 0 Å². The van der Waals surface area contributed by atoms with Crippen molar-refractivity contribution < 1.29 is 70.7 Å². The van der Waals surface area contributed by atoms with E-state index in [2.05, 4.69) is 37.4 Å². The van der Waals surface area contributed by atoms with E-state index in [0.717, 1.165) is 24.4 Å². The second kappa shape index (κ2) is 12.5. The molecule has 132 valence electrons. The van der Waals surface area contributed by atoms with Crippen LogP contribution in [0.3, 0.4) is 0 Å². The Bertz CT molecular complexity index is 472. The summed E-state index contributed by atoms with van der Waals surface area (Å²) < 4.78 is 11.2. The first-order valence-electron chi connectivity index (χ1n) is 7.22. The third-order valence-electron chi connectivity index (χ3n) is 3.65. The molecular weight excluding hydrogens is 446 g/mol. The zero-order valence-corrected chi connectivity index (χ0v) is 18.8. The minimum absolute atomic E-state index is 0. The molecular formula is C16H22Cl2O4SiZr. The Morgan fingerprint density at radius 3 is 1.62 bits per heavy atom. The van der Waals surface area contributed by atoms with Crippen LogP contribution in [0.1, 0.15) is 12.8 Å². The van der Waals surface area contributed by atoms with Crippen LogP contribution in [0.2, 0.25) is 13.1 Å². The van der Waals surface area contributed by atoms with Crippen LogP contribution in [0.5, 0.6) is 0 Å². The SMILES string of the molecule is C[Si](C)(C1=CC[C-]=C1OCCO)C1=CC[C-]=C1OCCO.[Cl-].[Cl-].[Zr+4]. The first-order chi connectivity index (χ1) is 10.1. The second-order valence-corrected chi connectivity index (χ2v) is 9.75. The van der Waals surface area contributed by atoms with E-state index in [4.69, 9.17) is 19.7 Å². The van der Waals surface area contributed by atoms with Crippen LogP contribution in [-0.2, 0) is 35.7 Å². The number of aliphatic hydroxyl groups excluding tert-OH is 2. The third-order valence-corrected chi connectivity index (χ3v) is 7.20. The number of allylic oxidation sites excluding steroid dienone is 6. The summed E-state index contributed by atoms with van der Waals surface area (Å²) in [6, 6.07) is 0. The second-order valence-electron chi connectivity index (χ2n) is 5.42. The molecule has 0 aliphatic heterocycles. The van der Waals surface area contributed by atoms with Crippen LogP contribution in [0.15, 0.2) is 34.1 Å². The molecule has 2 aliphatic carbocycles. The smallest absolute Gasteiger partial charge is 1.00 e. The molecule has 2 N–H and O–H groups in total. The van der Waals surface area contributed by atoms with E-state index < -0.39 is 8.07 Å². The van der Waals surface area contributed by atoms with Gasteiger partial charge in [-0.15, -0.1) is 12.8 Å². The van der Waals surface area contributed by atoms with Gasteiger partial charge in [0.05, 0.1) is 13.2 Å². The van der Waals surface area contributed by atoms with Gasteiger partial charge in [-0.1, -0.05) is 32.7 Å². The summed E-state index contributed by atoms with van der Waals surface area (Å²) in [7, 11) is -1.95. The Balaban J connectivity index is 0. The Labute approximate surface area is 176 Å². The fourth-order valence-electron chi connectivity index (χ4n) is 2.64. The summed E-state index contributed by atoms with van der Waals surface area (Å²) in [5.74, 6) is 1.55. The molecule has 0 bridgehead atoms. The largest absolute Gasteiger partial charge is 4.00 e. The normalized spacial score (nSPS) is 15.8. The zero-order chi connectivity index (χ0) is 15.3. The molecule has 2 aliphatic rings. The number of hydrogen-bond donors (Lipinski definition) is 2. The van der Waals surface area contributed by atoms with Crippen molar-refractivity contribution >= 4 is 8.07 Å². The molecule has 0 aromatic carbocycles. The average Bonchev–Trinajstić information content (AvgIpc) is 3.11. The standard InChI is InChI=1S/C16H22O4Si.2ClH.Zr/c1-21(2,15-7-3-5-13(15)19-11-9-17)16-8-4-6-14(16)20-12-10-18;;;/h7-8,17-18H,3-4,9-12H2,1-2H3;2*1H;/q-2;;;+4/p-2. The summed E-state index contributed by atoms with van der Waals surface area (Å²) in [4.78, 5) is 0. The minimum Gasteiger partial charge on any atom is -1.00 e. The van der Waals surface area contributed by atoms with Crippen molar-refractivity contribution in [3.05, 3.63) is 46.2 Å². The molecule has 0 heterocycles. The predicted molar refractivity (Wildman–Crippen MR) is 82.5 cm³/mol. The van der Waals surface area contributed by atoms with Gasteiger partial charge in [0, 0.05) is 0 Å². The number of halogens is 2. The first-order valence-corrected chi connectivity index (χ1v) is 10.2. The molecule has 0 aromatic rings. The maximum Gasteiger partial charge on any atom is 4.00 e. The maximum atomic E-state index is 8.92. The monoisotopic (exact) mass is 466 g/mol. The molecule has 0 aromatic heterocycles. The van der Waals surface area contributed by atoms with Gasteiger partial charge in [0.15, 0.2) is 0 Å². The number of aliphatic hydroxyl groups is 2. The molecule has 4 nitrogen and oxygen atoms in total. The fraction of sp³-hybridized carbons (Fsp3) is 0.500. The molecule has 2 rings (SSSR count). The van der Waals surface area contributed by atoms with E-state index in [-0.39, 0.29) is 64.2 Å². The molecule has 0 atom stereocenters. The van der Waals surface area contributed by atoms with E-state index in [1.165, 1.54) is 10.4 Å². The van der Waals surface area contributed by atoms with Crippen molar-refractivity contribution in [2.24, 2.45) is 0 Å². The molecule has 0 amide bonds. The van der Waals surface area contributed by atoms with Gasteiger partial charge in [-0.3, -0.25) is 0 Å². The number of hydrogen-bond acceptors (Lipinski definition) is 4. The Hall–Kier alpha value is 0.160. The van der Waals surface area contributed by atoms with E-state index in [0.29, 0.717) is 13.2 Å². The summed E-state index contributed by atoms with van der Waals surface area (Å²) in [6.45, 7) is 5.08. The minimum atomic E-state index is -1.95. The van der Waals surface area contributed by atoms with Crippen LogP contribution < -0.4 is 24.8 Å². The quantitative estimate of drug-likeness (QED) is 0.281. The Morgan fingerprint density at radius 1 is 0.917 bits per heavy atom. The van der Waals surface area contributed by atoms with Gasteiger partial charge in [0.1, 0.15) is 13.2 Å². The average molecular weight is 469 g/mol. The van der Waals surface area contributed by atoms with Crippen LogP contribution in [0, 0.1) is 12.2 Å². The van der Waals surface area contributed by atoms with E-state index >= 15 is 0 Å². The molecule has 0 saturated carbocycles. The van der Waals surface area contributed by atoms with Gasteiger partial charge >= 0.3 is 26.2 Å². The molecule has 24 heavy (non-hydrogen) atoms. The molecule has 8 heteroatoms. The van der Waals surface area contributed by atoms with E-state index in [9.17, 15) is 0 Å². The van der Waals surface area contributed by atoms with Crippen molar-refractivity contribution in [3.63, 3.8) is 0 Å². The van der Waals surface area contributed by atoms with Crippen molar-refractivity contribution in [1.29, 1.82) is 0 Å². The summed E-state index contributed by atoms with van der Waals surface area (Å²) in [5, 5.41) is 20.2. The van der Waals surface area contributed by atoms with E-state index in [1.807, 2.05) is 0 Å².